The minimum atomic E-state index is -0.510. The number of rotatable bonds is 6. The average Bonchev–Trinajstić information content (AvgIpc) is 3.19. The Morgan fingerprint density at radius 1 is 1.11 bits per heavy atom. The molecule has 0 saturated heterocycles. The van der Waals surface area contributed by atoms with Gasteiger partial charge in [0.25, 0.3) is 0 Å². The van der Waals surface area contributed by atoms with Crippen LogP contribution in [0, 0.1) is 5.92 Å². The Kier molecular flexibility index (Phi) is 5.47. The maximum Gasteiger partial charge on any atom is 0.0910 e. The molecule has 146 valence electrons. The van der Waals surface area contributed by atoms with E-state index in [1.54, 1.807) is 0 Å². The maximum atomic E-state index is 10.8. The van der Waals surface area contributed by atoms with E-state index in [1.807, 2.05) is 37.4 Å². The van der Waals surface area contributed by atoms with Gasteiger partial charge in [-0.05, 0) is 48.4 Å². The average molecular weight is 376 g/mol. The molecular weight excluding hydrogens is 346 g/mol. The summed E-state index contributed by atoms with van der Waals surface area (Å²) in [6.07, 6.45) is 7.49. The van der Waals surface area contributed by atoms with E-state index < -0.39 is 11.6 Å². The molecule has 0 bridgehead atoms. The van der Waals surface area contributed by atoms with Crippen LogP contribution in [-0.2, 0) is 11.2 Å². The van der Waals surface area contributed by atoms with Gasteiger partial charge >= 0.3 is 0 Å². The monoisotopic (exact) mass is 375 g/mol. The molecule has 28 heavy (non-hydrogen) atoms. The fourth-order valence-corrected chi connectivity index (χ4v) is 4.97. The summed E-state index contributed by atoms with van der Waals surface area (Å²) in [7, 11) is 0. The van der Waals surface area contributed by atoms with Gasteiger partial charge in [-0.15, -0.1) is 0 Å². The van der Waals surface area contributed by atoms with Gasteiger partial charge in [0, 0.05) is 12.1 Å². The molecule has 0 amide bonds. The number of aliphatic hydroxyl groups excluding tert-OH is 1. The zero-order chi connectivity index (χ0) is 19.6. The van der Waals surface area contributed by atoms with Gasteiger partial charge in [-0.1, -0.05) is 67.6 Å². The molecule has 3 nitrogen and oxygen atoms in total. The number of aliphatic hydroxyl groups is 1. The number of fused-ring (bicyclic) bond motifs is 1. The van der Waals surface area contributed by atoms with Crippen LogP contribution in [0.3, 0.4) is 0 Å². The Morgan fingerprint density at radius 2 is 1.86 bits per heavy atom. The molecule has 0 saturated carbocycles. The highest BCUT2D eigenvalue weighted by Gasteiger charge is 2.46. The van der Waals surface area contributed by atoms with Gasteiger partial charge in [0.15, 0.2) is 0 Å². The Morgan fingerprint density at radius 3 is 2.57 bits per heavy atom. The number of hydrogen-bond donors (Lipinski definition) is 1. The molecule has 0 aliphatic carbocycles. The standard InChI is InChI=1S/C25H29NO2/c1-18(17-23-22-12-7-6-9-20(22)13-16-28-23)25(14-8-15-26-25)24(19(2)27)21-10-4-3-5-11-21/h3-12,14-15,18-19,23-24,27H,13,16-17H2,1-2H3. The van der Waals surface area contributed by atoms with E-state index in [1.165, 1.54) is 11.1 Å². The SMILES string of the molecule is CC(O)C(c1ccccc1)C1(C(C)CC2OCCc3ccccc32)C=CC=N1. The fourth-order valence-electron chi connectivity index (χ4n) is 4.97. The minimum absolute atomic E-state index is 0.0754. The first-order valence-electron chi connectivity index (χ1n) is 10.3. The molecular formula is C25H29NO2. The summed E-state index contributed by atoms with van der Waals surface area (Å²) >= 11 is 0. The van der Waals surface area contributed by atoms with Crippen molar-refractivity contribution < 1.29 is 9.84 Å². The van der Waals surface area contributed by atoms with E-state index in [0.717, 1.165) is 25.0 Å². The highest BCUT2D eigenvalue weighted by molar-refractivity contribution is 5.76. The van der Waals surface area contributed by atoms with E-state index in [9.17, 15) is 5.11 Å². The van der Waals surface area contributed by atoms with Crippen molar-refractivity contribution in [3.8, 4) is 0 Å². The van der Waals surface area contributed by atoms with Crippen molar-refractivity contribution in [1.82, 2.24) is 0 Å². The van der Waals surface area contributed by atoms with Crippen molar-refractivity contribution >= 4 is 6.21 Å². The number of hydrogen-bond acceptors (Lipinski definition) is 3. The van der Waals surface area contributed by atoms with Gasteiger partial charge in [0.05, 0.1) is 24.4 Å². The molecule has 4 rings (SSSR count). The summed E-state index contributed by atoms with van der Waals surface area (Å²) < 4.78 is 6.19. The van der Waals surface area contributed by atoms with E-state index in [-0.39, 0.29) is 17.9 Å². The minimum Gasteiger partial charge on any atom is -0.393 e. The molecule has 0 radical (unpaired) electrons. The molecule has 3 heteroatoms. The summed E-state index contributed by atoms with van der Waals surface area (Å²) in [6.45, 7) is 4.88. The number of allylic oxidation sites excluding steroid dienone is 1. The lowest BCUT2D eigenvalue weighted by Crippen LogP contribution is -2.43. The molecule has 0 spiro atoms. The second kappa shape index (κ2) is 8.02. The van der Waals surface area contributed by atoms with Crippen LogP contribution in [0.1, 0.15) is 49.0 Å². The van der Waals surface area contributed by atoms with Crippen LogP contribution in [-0.4, -0.2) is 29.6 Å². The molecule has 0 fully saturated rings. The number of nitrogens with zero attached hydrogens (tertiary/aromatic N) is 1. The molecule has 2 aromatic rings. The lowest BCUT2D eigenvalue weighted by atomic mass is 9.68. The van der Waals surface area contributed by atoms with E-state index in [0.29, 0.717) is 0 Å². The molecule has 1 N–H and O–H groups in total. The highest BCUT2D eigenvalue weighted by atomic mass is 16.5. The van der Waals surface area contributed by atoms with Gasteiger partial charge in [-0.2, -0.15) is 0 Å². The first-order chi connectivity index (χ1) is 13.6. The largest absolute Gasteiger partial charge is 0.393 e. The quantitative estimate of drug-likeness (QED) is 0.782. The third kappa shape index (κ3) is 3.45. The number of ether oxygens (including phenoxy) is 1. The summed E-state index contributed by atoms with van der Waals surface area (Å²) in [5, 5.41) is 10.8. The van der Waals surface area contributed by atoms with E-state index >= 15 is 0 Å². The van der Waals surface area contributed by atoms with Gasteiger partial charge in [-0.3, -0.25) is 4.99 Å². The summed E-state index contributed by atoms with van der Waals surface area (Å²) in [4.78, 5) is 4.93. The molecule has 5 unspecified atom stereocenters. The summed E-state index contributed by atoms with van der Waals surface area (Å²) in [6, 6.07) is 18.9. The Labute approximate surface area is 167 Å². The van der Waals surface area contributed by atoms with Gasteiger partial charge < -0.3 is 9.84 Å². The summed E-state index contributed by atoms with van der Waals surface area (Å²) in [5.41, 5.74) is 3.35. The van der Waals surface area contributed by atoms with Crippen molar-refractivity contribution in [2.24, 2.45) is 10.9 Å². The summed E-state index contributed by atoms with van der Waals surface area (Å²) in [5.74, 6) is 0.107. The van der Waals surface area contributed by atoms with Crippen LogP contribution in [0.25, 0.3) is 0 Å². The topological polar surface area (TPSA) is 41.8 Å². The second-order valence-electron chi connectivity index (χ2n) is 8.10. The van der Waals surface area contributed by atoms with Crippen molar-refractivity contribution in [1.29, 1.82) is 0 Å². The number of aliphatic imine (C=N–C) groups is 1. The van der Waals surface area contributed by atoms with Crippen molar-refractivity contribution in [2.75, 3.05) is 6.61 Å². The molecule has 2 heterocycles. The van der Waals surface area contributed by atoms with Crippen LogP contribution in [0.2, 0.25) is 0 Å². The van der Waals surface area contributed by atoms with Crippen molar-refractivity contribution in [3.05, 3.63) is 83.4 Å². The Balaban J connectivity index is 1.66. The molecule has 2 aliphatic heterocycles. The van der Waals surface area contributed by atoms with E-state index in [4.69, 9.17) is 9.73 Å². The normalized spacial score (nSPS) is 26.6. The van der Waals surface area contributed by atoms with Crippen LogP contribution < -0.4 is 0 Å². The van der Waals surface area contributed by atoms with Gasteiger partial charge in [0.1, 0.15) is 0 Å². The zero-order valence-corrected chi connectivity index (χ0v) is 16.7. The maximum absolute atomic E-state index is 10.8. The predicted octanol–water partition coefficient (Wildman–Crippen LogP) is 4.87. The predicted molar refractivity (Wildman–Crippen MR) is 114 cm³/mol. The first-order valence-corrected chi connectivity index (χ1v) is 10.3. The lowest BCUT2D eigenvalue weighted by molar-refractivity contribution is 0.0148. The van der Waals surface area contributed by atoms with Crippen molar-refractivity contribution in [3.63, 3.8) is 0 Å². The highest BCUT2D eigenvalue weighted by Crippen LogP contribution is 2.46. The fraction of sp³-hybridized carbons (Fsp3) is 0.400. The van der Waals surface area contributed by atoms with Crippen LogP contribution in [0.4, 0.5) is 0 Å². The molecule has 5 atom stereocenters. The Hall–Kier alpha value is -2.23. The third-order valence-corrected chi connectivity index (χ3v) is 6.34. The molecule has 0 aromatic heterocycles. The van der Waals surface area contributed by atoms with Gasteiger partial charge in [0.2, 0.25) is 0 Å². The first kappa shape index (κ1) is 19.1. The van der Waals surface area contributed by atoms with Crippen molar-refractivity contribution in [2.45, 2.75) is 50.4 Å². The third-order valence-electron chi connectivity index (χ3n) is 6.34. The number of benzene rings is 2. The zero-order valence-electron chi connectivity index (χ0n) is 16.7. The van der Waals surface area contributed by atoms with Crippen LogP contribution in [0.5, 0.6) is 0 Å². The molecule has 2 aromatic carbocycles. The van der Waals surface area contributed by atoms with Gasteiger partial charge in [-0.25, -0.2) is 0 Å². The smallest absolute Gasteiger partial charge is 0.0910 e. The lowest BCUT2D eigenvalue weighted by Gasteiger charge is -2.42. The van der Waals surface area contributed by atoms with Crippen LogP contribution >= 0.6 is 0 Å². The Bertz CT molecular complexity index is 844. The van der Waals surface area contributed by atoms with E-state index in [2.05, 4.69) is 49.4 Å². The van der Waals surface area contributed by atoms with Crippen LogP contribution in [0.15, 0.2) is 71.7 Å². The molecule has 2 aliphatic rings. The second-order valence-corrected chi connectivity index (χ2v) is 8.10.